The van der Waals surface area contributed by atoms with Gasteiger partial charge in [-0.05, 0) is 49.9 Å². The second-order valence-corrected chi connectivity index (χ2v) is 4.35. The summed E-state index contributed by atoms with van der Waals surface area (Å²) in [6, 6.07) is 8.73. The molecule has 1 aliphatic carbocycles. The zero-order valence-electron chi connectivity index (χ0n) is 9.49. The van der Waals surface area contributed by atoms with Gasteiger partial charge in [-0.2, -0.15) is 0 Å². The lowest BCUT2D eigenvalue weighted by atomic mass is 10.1. The van der Waals surface area contributed by atoms with Crippen molar-refractivity contribution in [1.29, 1.82) is 0 Å². The Morgan fingerprint density at radius 3 is 2.53 bits per heavy atom. The third-order valence-electron chi connectivity index (χ3n) is 3.03. The molecule has 1 fully saturated rings. The molecule has 0 saturated heterocycles. The minimum Gasteiger partial charge on any atom is -0.497 e. The quantitative estimate of drug-likeness (QED) is 0.798. The Labute approximate surface area is 91.6 Å². The van der Waals surface area contributed by atoms with Crippen LogP contribution in [0, 0.1) is 5.92 Å². The molecule has 0 spiro atoms. The van der Waals surface area contributed by atoms with Gasteiger partial charge in [0.05, 0.1) is 7.11 Å². The average Bonchev–Trinajstić information content (AvgIpc) is 3.10. The Bertz CT molecular complexity index is 303. The van der Waals surface area contributed by atoms with Gasteiger partial charge in [0.2, 0.25) is 0 Å². The molecule has 1 aromatic rings. The van der Waals surface area contributed by atoms with E-state index < -0.39 is 0 Å². The van der Waals surface area contributed by atoms with Crippen molar-refractivity contribution < 1.29 is 4.74 Å². The van der Waals surface area contributed by atoms with Crippen LogP contribution in [0.25, 0.3) is 0 Å². The third-order valence-corrected chi connectivity index (χ3v) is 3.03. The van der Waals surface area contributed by atoms with Crippen molar-refractivity contribution in [2.45, 2.75) is 25.8 Å². The standard InChI is InChI=1S/C13H19NO/c1-10(14-9-11-3-4-11)12-5-7-13(15-2)8-6-12/h5-8,10-11,14H,3-4,9H2,1-2H3/t10-/m1/s1. The highest BCUT2D eigenvalue weighted by molar-refractivity contribution is 5.28. The first-order chi connectivity index (χ1) is 7.29. The van der Waals surface area contributed by atoms with E-state index in [0.717, 1.165) is 18.2 Å². The summed E-state index contributed by atoms with van der Waals surface area (Å²) in [5, 5.41) is 3.56. The number of hydrogen-bond acceptors (Lipinski definition) is 2. The molecule has 15 heavy (non-hydrogen) atoms. The van der Waals surface area contributed by atoms with Crippen molar-refractivity contribution in [1.82, 2.24) is 5.32 Å². The Balaban J connectivity index is 1.88. The molecule has 0 bridgehead atoms. The third kappa shape index (κ3) is 2.96. The molecule has 2 heteroatoms. The predicted molar refractivity (Wildman–Crippen MR) is 62.1 cm³/mol. The van der Waals surface area contributed by atoms with Crippen molar-refractivity contribution in [3.05, 3.63) is 29.8 Å². The van der Waals surface area contributed by atoms with Gasteiger partial charge in [-0.1, -0.05) is 12.1 Å². The SMILES string of the molecule is COc1ccc([C@@H](C)NCC2CC2)cc1. The Kier molecular flexibility index (Phi) is 3.27. The molecule has 2 nitrogen and oxygen atoms in total. The van der Waals surface area contributed by atoms with E-state index in [-0.39, 0.29) is 0 Å². The van der Waals surface area contributed by atoms with Gasteiger partial charge >= 0.3 is 0 Å². The van der Waals surface area contributed by atoms with E-state index in [9.17, 15) is 0 Å². The molecule has 1 atom stereocenters. The van der Waals surface area contributed by atoms with Gasteiger partial charge in [0, 0.05) is 6.04 Å². The lowest BCUT2D eigenvalue weighted by Crippen LogP contribution is -2.20. The Morgan fingerprint density at radius 2 is 2.00 bits per heavy atom. The van der Waals surface area contributed by atoms with Crippen LogP contribution in [0.5, 0.6) is 5.75 Å². The number of hydrogen-bond donors (Lipinski definition) is 1. The molecule has 0 aliphatic heterocycles. The van der Waals surface area contributed by atoms with Crippen molar-refractivity contribution >= 4 is 0 Å². The highest BCUT2D eigenvalue weighted by Crippen LogP contribution is 2.28. The minimum absolute atomic E-state index is 0.441. The number of methoxy groups -OCH3 is 1. The lowest BCUT2D eigenvalue weighted by Gasteiger charge is -2.14. The molecule has 1 N–H and O–H groups in total. The maximum Gasteiger partial charge on any atom is 0.118 e. The van der Waals surface area contributed by atoms with Crippen LogP contribution < -0.4 is 10.1 Å². The fraction of sp³-hybridized carbons (Fsp3) is 0.538. The summed E-state index contributed by atoms with van der Waals surface area (Å²) in [5.74, 6) is 1.86. The molecule has 0 amide bonds. The van der Waals surface area contributed by atoms with Crippen LogP contribution in [0.2, 0.25) is 0 Å². The first-order valence-corrected chi connectivity index (χ1v) is 5.67. The Morgan fingerprint density at radius 1 is 1.33 bits per heavy atom. The first-order valence-electron chi connectivity index (χ1n) is 5.67. The summed E-state index contributed by atoms with van der Waals surface area (Å²) in [6.45, 7) is 3.37. The largest absolute Gasteiger partial charge is 0.497 e. The number of rotatable bonds is 5. The van der Waals surface area contributed by atoms with E-state index in [1.807, 2.05) is 12.1 Å². The second kappa shape index (κ2) is 4.67. The zero-order chi connectivity index (χ0) is 10.7. The summed E-state index contributed by atoms with van der Waals surface area (Å²) in [4.78, 5) is 0. The predicted octanol–water partition coefficient (Wildman–Crippen LogP) is 2.76. The van der Waals surface area contributed by atoms with Crippen LogP contribution in [0.1, 0.15) is 31.4 Å². The second-order valence-electron chi connectivity index (χ2n) is 4.35. The van der Waals surface area contributed by atoms with Gasteiger partial charge in [0.25, 0.3) is 0 Å². The van der Waals surface area contributed by atoms with Crippen LogP contribution in [-0.4, -0.2) is 13.7 Å². The van der Waals surface area contributed by atoms with Crippen LogP contribution in [0.15, 0.2) is 24.3 Å². The van der Waals surface area contributed by atoms with E-state index in [4.69, 9.17) is 4.74 Å². The molecule has 82 valence electrons. The first kappa shape index (κ1) is 10.5. The highest BCUT2D eigenvalue weighted by atomic mass is 16.5. The van der Waals surface area contributed by atoms with E-state index in [2.05, 4.69) is 24.4 Å². The van der Waals surface area contributed by atoms with E-state index in [0.29, 0.717) is 6.04 Å². The monoisotopic (exact) mass is 205 g/mol. The fourth-order valence-electron chi connectivity index (χ4n) is 1.68. The van der Waals surface area contributed by atoms with Crippen LogP contribution >= 0.6 is 0 Å². The smallest absolute Gasteiger partial charge is 0.118 e. The topological polar surface area (TPSA) is 21.3 Å². The van der Waals surface area contributed by atoms with Crippen LogP contribution in [-0.2, 0) is 0 Å². The van der Waals surface area contributed by atoms with Gasteiger partial charge in [0.1, 0.15) is 5.75 Å². The van der Waals surface area contributed by atoms with E-state index >= 15 is 0 Å². The van der Waals surface area contributed by atoms with Gasteiger partial charge in [-0.3, -0.25) is 0 Å². The Hall–Kier alpha value is -1.02. The molecule has 0 heterocycles. The van der Waals surface area contributed by atoms with Crippen LogP contribution in [0.3, 0.4) is 0 Å². The molecule has 0 aromatic heterocycles. The van der Waals surface area contributed by atoms with Gasteiger partial charge < -0.3 is 10.1 Å². The van der Waals surface area contributed by atoms with E-state index in [1.165, 1.54) is 18.4 Å². The summed E-state index contributed by atoms with van der Waals surface area (Å²) in [6.07, 6.45) is 2.81. The maximum absolute atomic E-state index is 5.14. The lowest BCUT2D eigenvalue weighted by molar-refractivity contribution is 0.414. The molecule has 1 aromatic carbocycles. The molecular weight excluding hydrogens is 186 g/mol. The summed E-state index contributed by atoms with van der Waals surface area (Å²) < 4.78 is 5.14. The normalized spacial score (nSPS) is 17.5. The molecule has 0 unspecified atom stereocenters. The number of nitrogens with one attached hydrogen (secondary N) is 1. The summed E-state index contributed by atoms with van der Waals surface area (Å²) in [5.41, 5.74) is 1.33. The zero-order valence-corrected chi connectivity index (χ0v) is 9.49. The van der Waals surface area contributed by atoms with Crippen molar-refractivity contribution in [3.8, 4) is 5.75 Å². The molecule has 2 rings (SSSR count). The average molecular weight is 205 g/mol. The number of benzene rings is 1. The van der Waals surface area contributed by atoms with E-state index in [1.54, 1.807) is 7.11 Å². The highest BCUT2D eigenvalue weighted by Gasteiger charge is 2.21. The number of ether oxygens (including phenoxy) is 1. The van der Waals surface area contributed by atoms with Gasteiger partial charge in [-0.25, -0.2) is 0 Å². The summed E-state index contributed by atoms with van der Waals surface area (Å²) >= 11 is 0. The van der Waals surface area contributed by atoms with Crippen LogP contribution in [0.4, 0.5) is 0 Å². The van der Waals surface area contributed by atoms with Crippen molar-refractivity contribution in [2.75, 3.05) is 13.7 Å². The molecular formula is C13H19NO. The molecule has 0 radical (unpaired) electrons. The maximum atomic E-state index is 5.14. The molecule has 1 saturated carbocycles. The minimum atomic E-state index is 0.441. The molecule has 1 aliphatic rings. The van der Waals surface area contributed by atoms with Crippen molar-refractivity contribution in [3.63, 3.8) is 0 Å². The van der Waals surface area contributed by atoms with Gasteiger partial charge in [0.15, 0.2) is 0 Å². The summed E-state index contributed by atoms with van der Waals surface area (Å²) in [7, 11) is 1.70. The fourth-order valence-corrected chi connectivity index (χ4v) is 1.68. The van der Waals surface area contributed by atoms with Gasteiger partial charge in [-0.15, -0.1) is 0 Å². The van der Waals surface area contributed by atoms with Crippen molar-refractivity contribution in [2.24, 2.45) is 5.92 Å².